The Morgan fingerprint density at radius 3 is 2.68 bits per heavy atom. The van der Waals surface area contributed by atoms with E-state index in [1.54, 1.807) is 6.92 Å². The van der Waals surface area contributed by atoms with Gasteiger partial charge in [0.05, 0.1) is 22.7 Å². The van der Waals surface area contributed by atoms with Crippen LogP contribution in [0, 0.1) is 17.2 Å². The van der Waals surface area contributed by atoms with Gasteiger partial charge in [0.2, 0.25) is 0 Å². The van der Waals surface area contributed by atoms with E-state index in [2.05, 4.69) is 39.2 Å². The molecule has 1 atom stereocenters. The number of nitriles is 1. The fourth-order valence-electron chi connectivity index (χ4n) is 4.77. The van der Waals surface area contributed by atoms with Gasteiger partial charge in [-0.3, -0.25) is 0 Å². The molecule has 2 aliphatic heterocycles. The SMILES string of the molecule is CC1(F)CCN(c2nc3ccn(CC4CCNC4)c3cc2-c2ccc(C#N)cc2)CC1. The molecule has 0 amide bonds. The molecule has 0 saturated carbocycles. The van der Waals surface area contributed by atoms with Crippen LogP contribution in [0.1, 0.15) is 31.7 Å². The Morgan fingerprint density at radius 2 is 2.00 bits per heavy atom. The predicted molar refractivity (Wildman–Crippen MR) is 122 cm³/mol. The number of halogens is 1. The third-order valence-corrected chi connectivity index (χ3v) is 6.78. The van der Waals surface area contributed by atoms with Gasteiger partial charge >= 0.3 is 0 Å². The second-order valence-corrected chi connectivity index (χ2v) is 9.18. The summed E-state index contributed by atoms with van der Waals surface area (Å²) in [5, 5.41) is 12.6. The second kappa shape index (κ2) is 7.97. The number of rotatable bonds is 4. The van der Waals surface area contributed by atoms with Gasteiger partial charge in [0.25, 0.3) is 0 Å². The number of nitrogens with zero attached hydrogens (tertiary/aromatic N) is 4. The minimum absolute atomic E-state index is 0.509. The maximum atomic E-state index is 14.4. The summed E-state index contributed by atoms with van der Waals surface area (Å²) in [7, 11) is 0. The summed E-state index contributed by atoms with van der Waals surface area (Å²) in [6.45, 7) is 6.13. The third kappa shape index (κ3) is 4.03. The van der Waals surface area contributed by atoms with Gasteiger partial charge in [-0.25, -0.2) is 9.37 Å². The zero-order valence-corrected chi connectivity index (χ0v) is 17.9. The Bertz CT molecular complexity index is 1110. The highest BCUT2D eigenvalue weighted by Crippen LogP contribution is 2.36. The van der Waals surface area contributed by atoms with E-state index < -0.39 is 5.67 Å². The van der Waals surface area contributed by atoms with Crippen molar-refractivity contribution in [2.45, 2.75) is 38.4 Å². The lowest BCUT2D eigenvalue weighted by Gasteiger charge is -2.36. The lowest BCUT2D eigenvalue weighted by molar-refractivity contribution is 0.149. The standard InChI is InChI=1S/C25H28FN5/c1-25(26)8-12-30(13-9-25)24-21(20-4-2-18(15-27)3-5-20)14-23-22(29-24)7-11-31(23)17-19-6-10-28-16-19/h2-5,7,11,14,19,28H,6,8-10,12-13,16-17H2,1H3. The Labute approximate surface area is 182 Å². The van der Waals surface area contributed by atoms with Crippen LogP contribution in [-0.2, 0) is 6.54 Å². The van der Waals surface area contributed by atoms with Crippen molar-refractivity contribution in [3.05, 3.63) is 48.2 Å². The van der Waals surface area contributed by atoms with E-state index in [-0.39, 0.29) is 0 Å². The van der Waals surface area contributed by atoms with Crippen molar-refractivity contribution in [1.82, 2.24) is 14.9 Å². The number of nitrogens with one attached hydrogen (secondary N) is 1. The average Bonchev–Trinajstić information content (AvgIpc) is 3.43. The lowest BCUT2D eigenvalue weighted by atomic mass is 9.95. The van der Waals surface area contributed by atoms with E-state index in [0.717, 1.165) is 47.6 Å². The monoisotopic (exact) mass is 417 g/mol. The van der Waals surface area contributed by atoms with Crippen LogP contribution in [0.5, 0.6) is 0 Å². The van der Waals surface area contributed by atoms with Crippen molar-refractivity contribution in [2.75, 3.05) is 31.1 Å². The van der Waals surface area contributed by atoms with Gasteiger partial charge in [-0.15, -0.1) is 0 Å². The van der Waals surface area contributed by atoms with Crippen molar-refractivity contribution in [3.63, 3.8) is 0 Å². The van der Waals surface area contributed by atoms with Crippen LogP contribution in [0.4, 0.5) is 10.2 Å². The molecule has 1 unspecified atom stereocenters. The number of aromatic nitrogens is 2. The zero-order valence-electron chi connectivity index (χ0n) is 17.9. The van der Waals surface area contributed by atoms with Crippen LogP contribution < -0.4 is 10.2 Å². The van der Waals surface area contributed by atoms with Crippen LogP contribution >= 0.6 is 0 Å². The molecule has 4 heterocycles. The van der Waals surface area contributed by atoms with Crippen molar-refractivity contribution < 1.29 is 4.39 Å². The highest BCUT2D eigenvalue weighted by molar-refractivity contribution is 5.88. The Hall–Kier alpha value is -2.91. The first-order valence-electron chi connectivity index (χ1n) is 11.2. The quantitative estimate of drug-likeness (QED) is 0.678. The molecule has 160 valence electrons. The summed E-state index contributed by atoms with van der Waals surface area (Å²) in [5.41, 5.74) is 3.72. The molecule has 1 aromatic carbocycles. The predicted octanol–water partition coefficient (Wildman–Crippen LogP) is 4.51. The van der Waals surface area contributed by atoms with Crippen LogP contribution in [0.2, 0.25) is 0 Å². The molecule has 3 aromatic rings. The normalized spacial score (nSPS) is 20.8. The molecule has 0 bridgehead atoms. The first-order valence-corrected chi connectivity index (χ1v) is 11.2. The molecule has 5 rings (SSSR count). The summed E-state index contributed by atoms with van der Waals surface area (Å²) >= 11 is 0. The van der Waals surface area contributed by atoms with Crippen LogP contribution in [0.3, 0.4) is 0 Å². The largest absolute Gasteiger partial charge is 0.356 e. The maximum absolute atomic E-state index is 14.4. The Morgan fingerprint density at radius 1 is 1.23 bits per heavy atom. The fraction of sp³-hybridized carbons (Fsp3) is 0.440. The van der Waals surface area contributed by atoms with E-state index in [1.807, 2.05) is 24.3 Å². The summed E-state index contributed by atoms with van der Waals surface area (Å²) in [6.07, 6.45) is 4.35. The van der Waals surface area contributed by atoms with Gasteiger partial charge in [0.15, 0.2) is 0 Å². The van der Waals surface area contributed by atoms with E-state index in [4.69, 9.17) is 4.98 Å². The number of alkyl halides is 1. The molecule has 1 N–H and O–H groups in total. The first kappa shape index (κ1) is 20.0. The van der Waals surface area contributed by atoms with Gasteiger partial charge in [-0.05, 0) is 75.0 Å². The Kier molecular flexibility index (Phi) is 5.15. The molecular weight excluding hydrogens is 389 g/mol. The molecule has 5 nitrogen and oxygen atoms in total. The smallest absolute Gasteiger partial charge is 0.137 e. The van der Waals surface area contributed by atoms with E-state index in [1.165, 1.54) is 6.42 Å². The van der Waals surface area contributed by atoms with Gasteiger partial charge < -0.3 is 14.8 Å². The number of piperidine rings is 1. The molecule has 2 saturated heterocycles. The summed E-state index contributed by atoms with van der Waals surface area (Å²) < 4.78 is 16.7. The highest BCUT2D eigenvalue weighted by Gasteiger charge is 2.31. The minimum Gasteiger partial charge on any atom is -0.356 e. The number of hydrogen-bond acceptors (Lipinski definition) is 4. The van der Waals surface area contributed by atoms with Crippen molar-refractivity contribution in [1.29, 1.82) is 5.26 Å². The molecule has 2 aromatic heterocycles. The number of hydrogen-bond donors (Lipinski definition) is 1. The molecular formula is C25H28FN5. The molecule has 31 heavy (non-hydrogen) atoms. The number of benzene rings is 1. The third-order valence-electron chi connectivity index (χ3n) is 6.78. The summed E-state index contributed by atoms with van der Waals surface area (Å²) in [6, 6.07) is 14.2. The molecule has 6 heteroatoms. The molecule has 2 fully saturated rings. The van der Waals surface area contributed by atoms with Gasteiger partial charge in [-0.2, -0.15) is 5.26 Å². The second-order valence-electron chi connectivity index (χ2n) is 9.18. The van der Waals surface area contributed by atoms with Crippen LogP contribution in [0.15, 0.2) is 42.6 Å². The molecule has 0 radical (unpaired) electrons. The van der Waals surface area contributed by atoms with Gasteiger partial charge in [0, 0.05) is 31.4 Å². The maximum Gasteiger partial charge on any atom is 0.137 e. The Balaban J connectivity index is 1.57. The summed E-state index contributed by atoms with van der Waals surface area (Å²) in [4.78, 5) is 7.28. The minimum atomic E-state index is -1.10. The fourth-order valence-corrected chi connectivity index (χ4v) is 4.77. The van der Waals surface area contributed by atoms with E-state index in [9.17, 15) is 9.65 Å². The van der Waals surface area contributed by atoms with Crippen LogP contribution in [-0.4, -0.2) is 41.4 Å². The number of fused-ring (bicyclic) bond motifs is 1. The number of anilines is 1. The van der Waals surface area contributed by atoms with Crippen molar-refractivity contribution in [2.24, 2.45) is 5.92 Å². The topological polar surface area (TPSA) is 56.9 Å². The van der Waals surface area contributed by atoms with Gasteiger partial charge in [-0.1, -0.05) is 12.1 Å². The molecule has 0 spiro atoms. The van der Waals surface area contributed by atoms with Crippen LogP contribution in [0.25, 0.3) is 22.2 Å². The van der Waals surface area contributed by atoms with Gasteiger partial charge in [0.1, 0.15) is 11.5 Å². The van der Waals surface area contributed by atoms with E-state index in [0.29, 0.717) is 37.4 Å². The summed E-state index contributed by atoms with van der Waals surface area (Å²) in [5.74, 6) is 1.55. The van der Waals surface area contributed by atoms with Crippen molar-refractivity contribution >= 4 is 16.9 Å². The lowest BCUT2D eigenvalue weighted by Crippen LogP contribution is -2.40. The highest BCUT2D eigenvalue weighted by atomic mass is 19.1. The van der Waals surface area contributed by atoms with Crippen molar-refractivity contribution in [3.8, 4) is 17.2 Å². The molecule has 0 aliphatic carbocycles. The molecule has 2 aliphatic rings. The first-order chi connectivity index (χ1) is 15.0. The van der Waals surface area contributed by atoms with E-state index >= 15 is 0 Å². The zero-order chi connectivity index (χ0) is 21.4. The number of pyridine rings is 1. The average molecular weight is 418 g/mol.